The highest BCUT2D eigenvalue weighted by Crippen LogP contribution is 2.38. The first-order valence-electron chi connectivity index (χ1n) is 14.2. The molecule has 0 amide bonds. The number of thiazole rings is 1. The Hall–Kier alpha value is -3.51. The first kappa shape index (κ1) is 29.6. The molecule has 7 nitrogen and oxygen atoms in total. The highest BCUT2D eigenvalue weighted by molar-refractivity contribution is 7.88. The van der Waals surface area contributed by atoms with Gasteiger partial charge in [0.1, 0.15) is 22.3 Å². The third kappa shape index (κ3) is 5.50. The van der Waals surface area contributed by atoms with Crippen molar-refractivity contribution in [3.8, 4) is 33.1 Å². The number of hydrogen-bond acceptors (Lipinski definition) is 6. The van der Waals surface area contributed by atoms with Gasteiger partial charge in [-0.25, -0.2) is 31.5 Å². The summed E-state index contributed by atoms with van der Waals surface area (Å²) in [7, 11) is -3.20. The lowest BCUT2D eigenvalue weighted by Crippen LogP contribution is -2.37. The lowest BCUT2D eigenvalue weighted by molar-refractivity contribution is 0.281. The van der Waals surface area contributed by atoms with E-state index < -0.39 is 15.8 Å². The average Bonchev–Trinajstić information content (AvgIpc) is 3.63. The predicted octanol–water partition coefficient (Wildman–Crippen LogP) is 6.57. The van der Waals surface area contributed by atoms with Crippen molar-refractivity contribution in [3.63, 3.8) is 0 Å². The van der Waals surface area contributed by atoms with Crippen molar-refractivity contribution in [1.29, 1.82) is 0 Å². The molecule has 1 fully saturated rings. The molecule has 5 aromatic rings. The van der Waals surface area contributed by atoms with E-state index in [1.54, 1.807) is 24.4 Å². The van der Waals surface area contributed by atoms with Crippen LogP contribution in [0.25, 0.3) is 38.7 Å². The van der Waals surface area contributed by atoms with Crippen LogP contribution in [0.1, 0.15) is 48.1 Å². The number of hydrogen-bond donors (Lipinski definition) is 1. The van der Waals surface area contributed by atoms with Gasteiger partial charge in [-0.05, 0) is 79.1 Å². The van der Waals surface area contributed by atoms with Crippen molar-refractivity contribution in [1.82, 2.24) is 18.7 Å². The molecule has 0 atom stereocenters. The number of aliphatic hydroxyl groups is 1. The van der Waals surface area contributed by atoms with E-state index in [1.807, 2.05) is 23.5 Å². The van der Waals surface area contributed by atoms with E-state index in [4.69, 9.17) is 4.98 Å². The van der Waals surface area contributed by atoms with Crippen molar-refractivity contribution in [2.75, 3.05) is 19.3 Å². The second-order valence-electron chi connectivity index (χ2n) is 11.0. The molecule has 1 aliphatic rings. The van der Waals surface area contributed by atoms with Gasteiger partial charge < -0.3 is 5.11 Å². The molecule has 0 aliphatic carbocycles. The first-order chi connectivity index (χ1) is 20.6. The third-order valence-corrected chi connectivity index (χ3v) is 10.5. The second kappa shape index (κ2) is 11.5. The maximum absolute atomic E-state index is 16.1. The van der Waals surface area contributed by atoms with Crippen LogP contribution in [-0.2, 0) is 23.1 Å². The summed E-state index contributed by atoms with van der Waals surface area (Å²) in [5, 5.41) is 12.0. The van der Waals surface area contributed by atoms with E-state index in [1.165, 1.54) is 34.0 Å². The number of aliphatic hydroxyl groups excluding tert-OH is 1. The third-order valence-electron chi connectivity index (χ3n) is 8.33. The minimum absolute atomic E-state index is 0.217. The van der Waals surface area contributed by atoms with Crippen LogP contribution < -0.4 is 0 Å². The topological polar surface area (TPSA) is 87.8 Å². The maximum Gasteiger partial charge on any atom is 0.211 e. The molecule has 4 heterocycles. The van der Waals surface area contributed by atoms with Gasteiger partial charge in [-0.1, -0.05) is 19.1 Å². The summed E-state index contributed by atoms with van der Waals surface area (Å²) < 4.78 is 57.3. The molecule has 0 radical (unpaired) electrons. The Balaban J connectivity index is 1.36. The lowest BCUT2D eigenvalue weighted by atomic mass is 9.91. The first-order valence-corrected chi connectivity index (χ1v) is 16.9. The van der Waals surface area contributed by atoms with Crippen molar-refractivity contribution in [2.24, 2.45) is 0 Å². The Morgan fingerprint density at radius 3 is 2.44 bits per heavy atom. The van der Waals surface area contributed by atoms with Gasteiger partial charge in [0.2, 0.25) is 10.0 Å². The maximum atomic E-state index is 16.1. The van der Waals surface area contributed by atoms with Crippen LogP contribution in [-0.4, -0.2) is 51.5 Å². The number of nitrogens with zero attached hydrogens (tertiary/aromatic N) is 4. The van der Waals surface area contributed by atoms with Gasteiger partial charge in [0.15, 0.2) is 0 Å². The zero-order valence-corrected chi connectivity index (χ0v) is 25.8. The van der Waals surface area contributed by atoms with Crippen molar-refractivity contribution >= 4 is 27.0 Å². The number of fused-ring (bicyclic) bond motifs is 1. The number of pyridine rings is 1. The van der Waals surface area contributed by atoms with E-state index >= 15 is 4.39 Å². The van der Waals surface area contributed by atoms with E-state index in [0.717, 1.165) is 41.0 Å². The molecular formula is C32H32F2N4O3S2. The lowest BCUT2D eigenvalue weighted by Gasteiger charge is -2.30. The van der Waals surface area contributed by atoms with E-state index in [9.17, 15) is 17.9 Å². The van der Waals surface area contributed by atoms with Crippen LogP contribution in [0.3, 0.4) is 0 Å². The monoisotopic (exact) mass is 622 g/mol. The minimum Gasteiger partial charge on any atom is -0.392 e. The Morgan fingerprint density at radius 1 is 1.02 bits per heavy atom. The van der Waals surface area contributed by atoms with Crippen LogP contribution in [0.5, 0.6) is 0 Å². The standard InChI is InChI=1S/C32H32F2N4O3S2/c1-4-27-31(38-16-21(5-10-29(38)35-27)20-11-13-37(14-12-20)43(3,40)41)24-8-9-26(30(34)19(24)2)32-36-28(18-42-32)25-7-6-23(33)15-22(25)17-39/h5-10,15-16,18,20,39H,4,11-14,17H2,1-3H3. The summed E-state index contributed by atoms with van der Waals surface area (Å²) in [6.45, 7) is 4.44. The number of imidazole rings is 1. The minimum atomic E-state index is -3.20. The molecule has 224 valence electrons. The number of piperidine rings is 1. The van der Waals surface area contributed by atoms with Gasteiger partial charge in [0.25, 0.3) is 0 Å². The molecule has 0 bridgehead atoms. The van der Waals surface area contributed by atoms with Crippen molar-refractivity contribution < 1.29 is 22.3 Å². The van der Waals surface area contributed by atoms with Crippen molar-refractivity contribution in [3.05, 3.63) is 88.1 Å². The Morgan fingerprint density at radius 2 is 1.74 bits per heavy atom. The van der Waals surface area contributed by atoms with Crippen LogP contribution in [0.4, 0.5) is 8.78 Å². The SMILES string of the molecule is CCc1nc2ccc(C3CCN(S(C)(=O)=O)CC3)cn2c1-c1ccc(-c2nc(-c3ccc(F)cc3CO)cs2)c(F)c1C. The molecule has 6 rings (SSSR count). The molecule has 0 unspecified atom stereocenters. The predicted molar refractivity (Wildman–Crippen MR) is 166 cm³/mol. The summed E-state index contributed by atoms with van der Waals surface area (Å²) in [4.78, 5) is 9.48. The van der Waals surface area contributed by atoms with Gasteiger partial charge in [-0.2, -0.15) is 0 Å². The number of aromatic nitrogens is 3. The zero-order chi connectivity index (χ0) is 30.5. The number of aryl methyl sites for hydroxylation is 1. The Labute approximate surface area is 253 Å². The summed E-state index contributed by atoms with van der Waals surface area (Å²) >= 11 is 1.29. The highest BCUT2D eigenvalue weighted by Gasteiger charge is 2.27. The number of rotatable bonds is 7. The molecule has 2 aromatic carbocycles. The molecule has 1 aliphatic heterocycles. The van der Waals surface area contributed by atoms with Crippen LogP contribution >= 0.6 is 11.3 Å². The number of halogens is 2. The van der Waals surface area contributed by atoms with Gasteiger partial charge in [-0.15, -0.1) is 11.3 Å². The Bertz CT molecular complexity index is 1940. The van der Waals surface area contributed by atoms with Crippen LogP contribution in [0.2, 0.25) is 0 Å². The fourth-order valence-corrected chi connectivity index (χ4v) is 7.69. The van der Waals surface area contributed by atoms with Gasteiger partial charge in [-0.3, -0.25) is 4.40 Å². The molecule has 0 saturated carbocycles. The molecule has 11 heteroatoms. The quantitative estimate of drug-likeness (QED) is 0.222. The molecule has 0 spiro atoms. The second-order valence-corrected chi connectivity index (χ2v) is 13.8. The summed E-state index contributed by atoms with van der Waals surface area (Å²) in [6.07, 6.45) is 5.46. The van der Waals surface area contributed by atoms with Crippen molar-refractivity contribution in [2.45, 2.75) is 45.6 Å². The van der Waals surface area contributed by atoms with E-state index in [-0.39, 0.29) is 18.3 Å². The zero-order valence-electron chi connectivity index (χ0n) is 24.1. The molecule has 3 aromatic heterocycles. The average molecular weight is 623 g/mol. The molecule has 43 heavy (non-hydrogen) atoms. The van der Waals surface area contributed by atoms with Gasteiger partial charge >= 0.3 is 0 Å². The summed E-state index contributed by atoms with van der Waals surface area (Å²) in [6, 6.07) is 11.9. The fourth-order valence-electron chi connectivity index (χ4n) is 5.97. The Kier molecular flexibility index (Phi) is 7.93. The van der Waals surface area contributed by atoms with Crippen LogP contribution in [0, 0.1) is 18.6 Å². The molecule has 1 saturated heterocycles. The van der Waals surface area contributed by atoms with Crippen LogP contribution in [0.15, 0.2) is 54.0 Å². The summed E-state index contributed by atoms with van der Waals surface area (Å²) in [5.41, 5.74) is 6.76. The normalized spacial score (nSPS) is 15.0. The number of sulfonamides is 1. The van der Waals surface area contributed by atoms with E-state index in [0.29, 0.717) is 52.5 Å². The smallest absolute Gasteiger partial charge is 0.211 e. The largest absolute Gasteiger partial charge is 0.392 e. The molecule has 1 N–H and O–H groups in total. The highest BCUT2D eigenvalue weighted by atomic mass is 32.2. The number of benzene rings is 2. The summed E-state index contributed by atoms with van der Waals surface area (Å²) in [5.74, 6) is -0.598. The fraction of sp³-hybridized carbons (Fsp3) is 0.312. The van der Waals surface area contributed by atoms with Gasteiger partial charge in [0, 0.05) is 41.4 Å². The van der Waals surface area contributed by atoms with Gasteiger partial charge in [0.05, 0.1) is 29.9 Å². The molecular weight excluding hydrogens is 591 g/mol. The van der Waals surface area contributed by atoms with E-state index in [2.05, 4.69) is 17.2 Å².